The van der Waals surface area contributed by atoms with Crippen molar-refractivity contribution in [3.8, 4) is 0 Å². The molecule has 0 aliphatic heterocycles. The zero-order valence-corrected chi connectivity index (χ0v) is 17.4. The third kappa shape index (κ3) is 5.15. The van der Waals surface area contributed by atoms with Gasteiger partial charge in [-0.05, 0) is 43.2 Å². The Labute approximate surface area is 172 Å². The van der Waals surface area contributed by atoms with Crippen LogP contribution in [0, 0.1) is 5.82 Å². The second kappa shape index (κ2) is 9.39. The Balaban J connectivity index is 1.79. The van der Waals surface area contributed by atoms with Crippen molar-refractivity contribution < 1.29 is 17.6 Å². The molecule has 29 heavy (non-hydrogen) atoms. The Kier molecular flexibility index (Phi) is 6.90. The molecule has 5 nitrogen and oxygen atoms in total. The van der Waals surface area contributed by atoms with Crippen molar-refractivity contribution >= 4 is 21.6 Å². The molecule has 0 heterocycles. The normalized spacial score (nSPS) is 15.9. The number of rotatable bonds is 5. The molecule has 1 amide bonds. The van der Waals surface area contributed by atoms with E-state index in [1.807, 2.05) is 0 Å². The molecule has 0 radical (unpaired) electrons. The standard InChI is InChI=1S/C22H27FN2O3S/c1-25(21-15-8-7-14-20(21)23)29(27,28)19-13-9-10-17(16-19)22(26)24-18-11-5-3-2-4-6-12-18/h7-10,13-16,18H,2-6,11-12H2,1H3,(H,24,26). The van der Waals surface area contributed by atoms with Gasteiger partial charge in [0.2, 0.25) is 0 Å². The van der Waals surface area contributed by atoms with Crippen LogP contribution < -0.4 is 9.62 Å². The summed E-state index contributed by atoms with van der Waals surface area (Å²) in [6, 6.07) is 11.7. The van der Waals surface area contributed by atoms with Gasteiger partial charge in [0.15, 0.2) is 0 Å². The minimum absolute atomic E-state index is 0.0446. The van der Waals surface area contributed by atoms with Crippen molar-refractivity contribution in [3.63, 3.8) is 0 Å². The molecule has 0 spiro atoms. The SMILES string of the molecule is CN(c1ccccc1F)S(=O)(=O)c1cccc(C(=O)NC2CCCCCCC2)c1. The van der Waals surface area contributed by atoms with E-state index in [9.17, 15) is 17.6 Å². The summed E-state index contributed by atoms with van der Waals surface area (Å²) in [7, 11) is -2.70. The highest BCUT2D eigenvalue weighted by Gasteiger charge is 2.24. The van der Waals surface area contributed by atoms with E-state index < -0.39 is 15.8 Å². The monoisotopic (exact) mass is 418 g/mol. The number of hydrogen-bond acceptors (Lipinski definition) is 3. The Morgan fingerprint density at radius 3 is 2.34 bits per heavy atom. The highest BCUT2D eigenvalue weighted by atomic mass is 32.2. The lowest BCUT2D eigenvalue weighted by Gasteiger charge is -2.22. The molecule has 0 aromatic heterocycles. The predicted octanol–water partition coefficient (Wildman–Crippen LogP) is 4.49. The van der Waals surface area contributed by atoms with Crippen LogP contribution in [0.4, 0.5) is 10.1 Å². The molecule has 0 bridgehead atoms. The number of carbonyl (C=O) groups excluding carboxylic acids is 1. The van der Waals surface area contributed by atoms with Crippen LogP contribution in [0.5, 0.6) is 0 Å². The predicted molar refractivity (Wildman–Crippen MR) is 112 cm³/mol. The number of para-hydroxylation sites is 1. The summed E-state index contributed by atoms with van der Waals surface area (Å²) >= 11 is 0. The summed E-state index contributed by atoms with van der Waals surface area (Å²) < 4.78 is 40.9. The molecule has 0 saturated heterocycles. The van der Waals surface area contributed by atoms with Gasteiger partial charge >= 0.3 is 0 Å². The van der Waals surface area contributed by atoms with Crippen LogP contribution >= 0.6 is 0 Å². The minimum atomic E-state index is -4.00. The maximum absolute atomic E-state index is 14.0. The molecule has 7 heteroatoms. The smallest absolute Gasteiger partial charge is 0.264 e. The first-order valence-electron chi connectivity index (χ1n) is 10.0. The highest BCUT2D eigenvalue weighted by molar-refractivity contribution is 7.92. The van der Waals surface area contributed by atoms with Gasteiger partial charge in [-0.25, -0.2) is 12.8 Å². The second-order valence-corrected chi connectivity index (χ2v) is 9.44. The summed E-state index contributed by atoms with van der Waals surface area (Å²) in [5.74, 6) is -0.905. The Hall–Kier alpha value is -2.41. The number of halogens is 1. The summed E-state index contributed by atoms with van der Waals surface area (Å²) in [5, 5.41) is 3.04. The molecular formula is C22H27FN2O3S. The molecule has 3 rings (SSSR count). The third-order valence-corrected chi connectivity index (χ3v) is 7.15. The quantitative estimate of drug-likeness (QED) is 0.778. The Morgan fingerprint density at radius 2 is 1.66 bits per heavy atom. The number of hydrogen-bond donors (Lipinski definition) is 1. The van der Waals surface area contributed by atoms with Gasteiger partial charge in [-0.3, -0.25) is 9.10 Å². The van der Waals surface area contributed by atoms with Crippen LogP contribution in [0.15, 0.2) is 53.4 Å². The van der Waals surface area contributed by atoms with Gasteiger partial charge in [0.05, 0.1) is 10.6 Å². The van der Waals surface area contributed by atoms with Crippen molar-refractivity contribution in [1.29, 1.82) is 0 Å². The second-order valence-electron chi connectivity index (χ2n) is 7.47. The summed E-state index contributed by atoms with van der Waals surface area (Å²) in [5.41, 5.74) is 0.243. The van der Waals surface area contributed by atoms with E-state index in [1.54, 1.807) is 12.1 Å². The summed E-state index contributed by atoms with van der Waals surface area (Å²) in [4.78, 5) is 12.7. The van der Waals surface area contributed by atoms with Crippen LogP contribution in [-0.4, -0.2) is 27.4 Å². The van der Waals surface area contributed by atoms with Crippen LogP contribution in [-0.2, 0) is 10.0 Å². The van der Waals surface area contributed by atoms with E-state index in [0.717, 1.165) is 30.0 Å². The van der Waals surface area contributed by atoms with Gasteiger partial charge in [-0.2, -0.15) is 0 Å². The van der Waals surface area contributed by atoms with Crippen LogP contribution in [0.2, 0.25) is 0 Å². The van der Waals surface area contributed by atoms with Crippen molar-refractivity contribution in [2.24, 2.45) is 0 Å². The maximum Gasteiger partial charge on any atom is 0.264 e. The topological polar surface area (TPSA) is 66.5 Å². The fourth-order valence-corrected chi connectivity index (χ4v) is 4.91. The summed E-state index contributed by atoms with van der Waals surface area (Å²) in [6.07, 6.45) is 7.68. The van der Waals surface area contributed by atoms with Crippen molar-refractivity contribution in [2.45, 2.75) is 55.9 Å². The average Bonchev–Trinajstić information content (AvgIpc) is 2.69. The van der Waals surface area contributed by atoms with Gasteiger partial charge in [0.1, 0.15) is 5.82 Å². The molecule has 0 atom stereocenters. The zero-order chi connectivity index (χ0) is 20.9. The molecule has 1 fully saturated rings. The van der Waals surface area contributed by atoms with Crippen molar-refractivity contribution in [3.05, 3.63) is 59.9 Å². The first-order valence-corrected chi connectivity index (χ1v) is 11.5. The molecule has 156 valence electrons. The van der Waals surface area contributed by atoms with Gasteiger partial charge in [-0.15, -0.1) is 0 Å². The number of nitrogens with zero attached hydrogens (tertiary/aromatic N) is 1. The van der Waals surface area contributed by atoms with E-state index in [0.29, 0.717) is 0 Å². The fraction of sp³-hybridized carbons (Fsp3) is 0.409. The largest absolute Gasteiger partial charge is 0.349 e. The van der Waals surface area contributed by atoms with E-state index in [2.05, 4.69) is 5.32 Å². The van der Waals surface area contributed by atoms with E-state index in [4.69, 9.17) is 0 Å². The lowest BCUT2D eigenvalue weighted by atomic mass is 9.96. The average molecular weight is 419 g/mol. The molecular weight excluding hydrogens is 391 g/mol. The van der Waals surface area contributed by atoms with Crippen molar-refractivity contribution in [1.82, 2.24) is 5.32 Å². The molecule has 1 saturated carbocycles. The van der Waals surface area contributed by atoms with Crippen LogP contribution in [0.1, 0.15) is 55.3 Å². The minimum Gasteiger partial charge on any atom is -0.349 e. The number of amides is 1. The Bertz CT molecular complexity index is 954. The molecule has 0 unspecified atom stereocenters. The lowest BCUT2D eigenvalue weighted by molar-refractivity contribution is 0.0930. The number of benzene rings is 2. The zero-order valence-electron chi connectivity index (χ0n) is 16.6. The molecule has 2 aromatic carbocycles. The van der Waals surface area contributed by atoms with E-state index >= 15 is 0 Å². The third-order valence-electron chi connectivity index (χ3n) is 5.39. The fourth-order valence-electron chi connectivity index (χ4n) is 3.66. The number of anilines is 1. The first kappa shape index (κ1) is 21.3. The summed E-state index contributed by atoms with van der Waals surface area (Å²) in [6.45, 7) is 0. The van der Waals surface area contributed by atoms with Gasteiger partial charge < -0.3 is 5.32 Å². The van der Waals surface area contributed by atoms with Crippen LogP contribution in [0.25, 0.3) is 0 Å². The molecule has 2 aromatic rings. The van der Waals surface area contributed by atoms with Gasteiger partial charge in [-0.1, -0.05) is 50.3 Å². The number of sulfonamides is 1. The van der Waals surface area contributed by atoms with E-state index in [1.165, 1.54) is 62.7 Å². The van der Waals surface area contributed by atoms with Gasteiger partial charge in [0.25, 0.3) is 15.9 Å². The Morgan fingerprint density at radius 1 is 1.00 bits per heavy atom. The van der Waals surface area contributed by atoms with Gasteiger partial charge in [0, 0.05) is 18.7 Å². The first-order chi connectivity index (χ1) is 13.9. The van der Waals surface area contributed by atoms with E-state index in [-0.39, 0.29) is 28.1 Å². The molecule has 1 aliphatic carbocycles. The van der Waals surface area contributed by atoms with Crippen molar-refractivity contribution in [2.75, 3.05) is 11.4 Å². The van der Waals surface area contributed by atoms with Crippen LogP contribution in [0.3, 0.4) is 0 Å². The maximum atomic E-state index is 14.0. The highest BCUT2D eigenvalue weighted by Crippen LogP contribution is 2.25. The lowest BCUT2D eigenvalue weighted by Crippen LogP contribution is -2.35. The number of carbonyl (C=O) groups is 1. The molecule has 1 N–H and O–H groups in total. The number of nitrogens with one attached hydrogen (secondary N) is 1. The molecule has 1 aliphatic rings.